The summed E-state index contributed by atoms with van der Waals surface area (Å²) in [6.45, 7) is 6.78. The molecule has 0 aromatic heterocycles. The Bertz CT molecular complexity index is 876. The average Bonchev–Trinajstić information content (AvgIpc) is 2.76. The zero-order valence-electron chi connectivity index (χ0n) is 19.8. The minimum atomic E-state index is 0.0223. The number of carbonyl (C=O) groups is 1. The molecule has 0 spiro atoms. The number of hydrogen-bond acceptors (Lipinski definition) is 3. The fourth-order valence-corrected chi connectivity index (χ4v) is 3.18. The number of carbonyl (C=O) groups excluding carboxylic acids is 1. The molecule has 6 nitrogen and oxygen atoms in total. The van der Waals surface area contributed by atoms with Crippen molar-refractivity contribution in [3.05, 3.63) is 70.8 Å². The molecule has 0 radical (unpaired) electrons. The Balaban J connectivity index is 1.89. The molecule has 0 atom stereocenters. The quantitative estimate of drug-likeness (QED) is 0.481. The van der Waals surface area contributed by atoms with Gasteiger partial charge in [0.05, 0.1) is 0 Å². The lowest BCUT2D eigenvalue weighted by molar-refractivity contribution is 0.0827. The molecule has 1 amide bonds. The first-order chi connectivity index (χ1) is 14.8. The van der Waals surface area contributed by atoms with E-state index in [1.807, 2.05) is 24.3 Å². The lowest BCUT2D eigenvalue weighted by atomic mass is 10.1. The van der Waals surface area contributed by atoms with Gasteiger partial charge in [0.2, 0.25) is 0 Å². The Morgan fingerprint density at radius 3 is 2.35 bits per heavy atom. The van der Waals surface area contributed by atoms with E-state index < -0.39 is 0 Å². The highest BCUT2D eigenvalue weighted by Gasteiger charge is 2.10. The molecule has 0 aliphatic heterocycles. The number of hydrogen-bond donors (Lipinski definition) is 2. The van der Waals surface area contributed by atoms with Gasteiger partial charge in [-0.2, -0.15) is 0 Å². The fraction of sp³-hybridized carbons (Fsp3) is 0.440. The van der Waals surface area contributed by atoms with E-state index in [0.717, 1.165) is 31.0 Å². The largest absolute Gasteiger partial charge is 0.356 e. The van der Waals surface area contributed by atoms with Gasteiger partial charge >= 0.3 is 0 Å². The molecule has 6 heteroatoms. The Morgan fingerprint density at radius 2 is 1.71 bits per heavy atom. The maximum Gasteiger partial charge on any atom is 0.253 e. The van der Waals surface area contributed by atoms with E-state index in [1.54, 1.807) is 26.0 Å². The number of aliphatic imine (C=N–C) groups is 1. The van der Waals surface area contributed by atoms with Gasteiger partial charge in [0.25, 0.3) is 5.91 Å². The SMILES string of the molecule is CN=C(NCCc1cccc(C(=O)N(C)C)c1)NCc1ccccc1CN(C)C(C)C. The molecule has 0 bridgehead atoms. The normalized spacial score (nSPS) is 11.7. The summed E-state index contributed by atoms with van der Waals surface area (Å²) in [5.41, 5.74) is 4.43. The number of nitrogens with zero attached hydrogens (tertiary/aromatic N) is 3. The van der Waals surface area contributed by atoms with Crippen LogP contribution in [0.2, 0.25) is 0 Å². The van der Waals surface area contributed by atoms with E-state index >= 15 is 0 Å². The van der Waals surface area contributed by atoms with Crippen LogP contribution in [0, 0.1) is 0 Å². The third-order valence-electron chi connectivity index (χ3n) is 5.38. The van der Waals surface area contributed by atoms with Gasteiger partial charge < -0.3 is 15.5 Å². The topological polar surface area (TPSA) is 60.0 Å². The molecule has 2 aromatic rings. The lowest BCUT2D eigenvalue weighted by Crippen LogP contribution is -2.38. The minimum absolute atomic E-state index is 0.0223. The summed E-state index contributed by atoms with van der Waals surface area (Å²) >= 11 is 0. The number of rotatable bonds is 9. The number of guanidine groups is 1. The van der Waals surface area contributed by atoms with Crippen molar-refractivity contribution in [2.45, 2.75) is 39.4 Å². The molecule has 0 fully saturated rings. The van der Waals surface area contributed by atoms with Gasteiger partial charge in [-0.3, -0.25) is 14.7 Å². The van der Waals surface area contributed by atoms with Crippen molar-refractivity contribution in [2.24, 2.45) is 4.99 Å². The highest BCUT2D eigenvalue weighted by atomic mass is 16.2. The van der Waals surface area contributed by atoms with Crippen molar-refractivity contribution in [3.8, 4) is 0 Å². The third kappa shape index (κ3) is 7.72. The molecular weight excluding hydrogens is 386 g/mol. The standard InChI is InChI=1S/C25H37N5O/c1-19(2)30(6)18-23-12-8-7-11-22(23)17-28-25(26-3)27-15-14-20-10-9-13-21(16-20)24(31)29(4)5/h7-13,16,19H,14-15,17-18H2,1-6H3,(H2,26,27,28). The van der Waals surface area contributed by atoms with Crippen molar-refractivity contribution < 1.29 is 4.79 Å². The van der Waals surface area contributed by atoms with E-state index in [-0.39, 0.29) is 5.91 Å². The van der Waals surface area contributed by atoms with Crippen LogP contribution in [0.25, 0.3) is 0 Å². The van der Waals surface area contributed by atoms with Crippen molar-refractivity contribution in [1.82, 2.24) is 20.4 Å². The molecule has 2 rings (SSSR count). The van der Waals surface area contributed by atoms with Gasteiger partial charge in [0.1, 0.15) is 0 Å². The van der Waals surface area contributed by atoms with Crippen molar-refractivity contribution >= 4 is 11.9 Å². The van der Waals surface area contributed by atoms with Crippen LogP contribution < -0.4 is 10.6 Å². The number of amides is 1. The minimum Gasteiger partial charge on any atom is -0.356 e. The molecule has 0 aliphatic rings. The van der Waals surface area contributed by atoms with Gasteiger partial charge in [0.15, 0.2) is 5.96 Å². The second-order valence-corrected chi connectivity index (χ2v) is 8.28. The average molecular weight is 424 g/mol. The molecule has 0 unspecified atom stereocenters. The third-order valence-corrected chi connectivity index (χ3v) is 5.38. The van der Waals surface area contributed by atoms with Crippen molar-refractivity contribution in [3.63, 3.8) is 0 Å². The summed E-state index contributed by atoms with van der Waals surface area (Å²) in [5, 5.41) is 6.79. The molecule has 0 saturated heterocycles. The molecular formula is C25H37N5O. The summed E-state index contributed by atoms with van der Waals surface area (Å²) in [4.78, 5) is 20.4. The van der Waals surface area contributed by atoms with Crippen LogP contribution in [0.4, 0.5) is 0 Å². The van der Waals surface area contributed by atoms with Crippen LogP contribution in [-0.2, 0) is 19.5 Å². The molecule has 168 valence electrons. The molecule has 0 aliphatic carbocycles. The van der Waals surface area contributed by atoms with E-state index in [9.17, 15) is 4.79 Å². The van der Waals surface area contributed by atoms with Gasteiger partial charge in [-0.1, -0.05) is 36.4 Å². The highest BCUT2D eigenvalue weighted by molar-refractivity contribution is 5.94. The lowest BCUT2D eigenvalue weighted by Gasteiger charge is -2.23. The van der Waals surface area contributed by atoms with Crippen molar-refractivity contribution in [1.29, 1.82) is 0 Å². The maximum absolute atomic E-state index is 12.2. The summed E-state index contributed by atoms with van der Waals surface area (Å²) < 4.78 is 0. The van der Waals surface area contributed by atoms with Crippen LogP contribution in [0.15, 0.2) is 53.5 Å². The van der Waals surface area contributed by atoms with Gasteiger partial charge in [-0.05, 0) is 56.1 Å². The number of benzene rings is 2. The Labute approximate surface area is 187 Å². The summed E-state index contributed by atoms with van der Waals surface area (Å²) in [6.07, 6.45) is 0.811. The molecule has 2 aromatic carbocycles. The second-order valence-electron chi connectivity index (χ2n) is 8.28. The van der Waals surface area contributed by atoms with Crippen LogP contribution in [0.3, 0.4) is 0 Å². The first-order valence-corrected chi connectivity index (χ1v) is 10.8. The predicted octanol–water partition coefficient (Wildman–Crippen LogP) is 3.14. The first-order valence-electron chi connectivity index (χ1n) is 10.8. The summed E-state index contributed by atoms with van der Waals surface area (Å²) in [6, 6.07) is 16.8. The maximum atomic E-state index is 12.2. The number of nitrogens with one attached hydrogen (secondary N) is 2. The zero-order chi connectivity index (χ0) is 22.8. The molecule has 31 heavy (non-hydrogen) atoms. The van der Waals surface area contributed by atoms with Crippen LogP contribution in [0.5, 0.6) is 0 Å². The van der Waals surface area contributed by atoms with E-state index in [0.29, 0.717) is 18.2 Å². The summed E-state index contributed by atoms with van der Waals surface area (Å²) in [5.74, 6) is 0.793. The second kappa shape index (κ2) is 12.1. The summed E-state index contributed by atoms with van der Waals surface area (Å²) in [7, 11) is 7.47. The highest BCUT2D eigenvalue weighted by Crippen LogP contribution is 2.12. The molecule has 0 heterocycles. The smallest absolute Gasteiger partial charge is 0.253 e. The molecule has 2 N–H and O–H groups in total. The monoisotopic (exact) mass is 423 g/mol. The van der Waals surface area contributed by atoms with E-state index in [2.05, 4.69) is 65.7 Å². The van der Waals surface area contributed by atoms with Gasteiger partial charge in [-0.15, -0.1) is 0 Å². The van der Waals surface area contributed by atoms with Gasteiger partial charge in [-0.25, -0.2) is 0 Å². The van der Waals surface area contributed by atoms with Gasteiger partial charge in [0, 0.05) is 52.4 Å². The predicted molar refractivity (Wildman–Crippen MR) is 129 cm³/mol. The van der Waals surface area contributed by atoms with Crippen molar-refractivity contribution in [2.75, 3.05) is 34.7 Å². The van der Waals surface area contributed by atoms with Crippen LogP contribution >= 0.6 is 0 Å². The van der Waals surface area contributed by atoms with E-state index in [4.69, 9.17) is 0 Å². The Hall–Kier alpha value is -2.86. The fourth-order valence-electron chi connectivity index (χ4n) is 3.18. The van der Waals surface area contributed by atoms with Crippen LogP contribution in [0.1, 0.15) is 40.9 Å². The van der Waals surface area contributed by atoms with Crippen LogP contribution in [-0.4, -0.2) is 62.4 Å². The first kappa shape index (κ1) is 24.4. The van der Waals surface area contributed by atoms with E-state index in [1.165, 1.54) is 11.1 Å². The zero-order valence-corrected chi connectivity index (χ0v) is 19.8. The Morgan fingerprint density at radius 1 is 1.00 bits per heavy atom. The molecule has 0 saturated carbocycles. The Kier molecular flexibility index (Phi) is 9.53.